The van der Waals surface area contributed by atoms with E-state index in [1.807, 2.05) is 50.2 Å². The van der Waals surface area contributed by atoms with Gasteiger partial charge in [0.15, 0.2) is 12.4 Å². The molecule has 2 aromatic rings. The van der Waals surface area contributed by atoms with Crippen LogP contribution < -0.4 is 9.64 Å². The third-order valence-electron chi connectivity index (χ3n) is 4.61. The van der Waals surface area contributed by atoms with Gasteiger partial charge in [-0.2, -0.15) is 0 Å². The molecule has 1 aliphatic heterocycles. The second kappa shape index (κ2) is 7.09. The van der Waals surface area contributed by atoms with Crippen LogP contribution in [0.25, 0.3) is 0 Å². The Morgan fingerprint density at radius 1 is 1.12 bits per heavy atom. The number of benzene rings is 2. The molecule has 3 rings (SSSR count). The standard InChI is InChI=1S/C21H23NO3/c1-14-6-7-15(2)20(11-14)25-13-21(24)22-10-4-5-17-8-9-18(16(3)23)12-19(17)22/h6-9,11-12H,4-5,10,13H2,1-3H3. The molecule has 130 valence electrons. The van der Waals surface area contributed by atoms with Gasteiger partial charge in [-0.25, -0.2) is 0 Å². The van der Waals surface area contributed by atoms with Gasteiger partial charge in [0.1, 0.15) is 5.75 Å². The molecule has 4 heteroatoms. The first-order valence-corrected chi connectivity index (χ1v) is 8.60. The number of aryl methyl sites for hydroxylation is 3. The predicted molar refractivity (Wildman–Crippen MR) is 98.5 cm³/mol. The Kier molecular flexibility index (Phi) is 4.88. The summed E-state index contributed by atoms with van der Waals surface area (Å²) in [7, 11) is 0. The largest absolute Gasteiger partial charge is 0.483 e. The molecule has 1 aliphatic rings. The van der Waals surface area contributed by atoms with Crippen LogP contribution in [0, 0.1) is 13.8 Å². The molecule has 0 fully saturated rings. The van der Waals surface area contributed by atoms with Crippen molar-refractivity contribution in [2.24, 2.45) is 0 Å². The quantitative estimate of drug-likeness (QED) is 0.796. The summed E-state index contributed by atoms with van der Waals surface area (Å²) in [5, 5.41) is 0. The average Bonchev–Trinajstić information content (AvgIpc) is 2.61. The van der Waals surface area contributed by atoms with Crippen LogP contribution in [0.5, 0.6) is 5.75 Å². The highest BCUT2D eigenvalue weighted by Gasteiger charge is 2.23. The number of ketones is 1. The van der Waals surface area contributed by atoms with Gasteiger partial charge in [-0.3, -0.25) is 9.59 Å². The van der Waals surface area contributed by atoms with E-state index in [1.165, 1.54) is 0 Å². The third-order valence-corrected chi connectivity index (χ3v) is 4.61. The lowest BCUT2D eigenvalue weighted by Gasteiger charge is -2.30. The minimum Gasteiger partial charge on any atom is -0.483 e. The number of hydrogen-bond donors (Lipinski definition) is 0. The second-order valence-corrected chi connectivity index (χ2v) is 6.61. The SMILES string of the molecule is CC(=O)c1ccc2c(c1)N(C(=O)COc1cc(C)ccc1C)CCC2. The van der Waals surface area contributed by atoms with Gasteiger partial charge < -0.3 is 9.64 Å². The van der Waals surface area contributed by atoms with Gasteiger partial charge in [0, 0.05) is 17.8 Å². The molecule has 0 atom stereocenters. The molecule has 1 heterocycles. The first kappa shape index (κ1) is 17.2. The van der Waals surface area contributed by atoms with Gasteiger partial charge in [0.25, 0.3) is 5.91 Å². The van der Waals surface area contributed by atoms with E-state index in [0.29, 0.717) is 12.1 Å². The number of Topliss-reactive ketones (excluding diaryl/α,β-unsaturated/α-hetero) is 1. The van der Waals surface area contributed by atoms with E-state index < -0.39 is 0 Å². The van der Waals surface area contributed by atoms with E-state index in [9.17, 15) is 9.59 Å². The van der Waals surface area contributed by atoms with Crippen LogP contribution in [0.1, 0.15) is 40.4 Å². The van der Waals surface area contributed by atoms with Crippen LogP contribution in [0.3, 0.4) is 0 Å². The molecule has 0 saturated heterocycles. The maximum absolute atomic E-state index is 12.7. The second-order valence-electron chi connectivity index (χ2n) is 6.61. The summed E-state index contributed by atoms with van der Waals surface area (Å²) in [6, 6.07) is 11.6. The molecule has 0 unspecified atom stereocenters. The van der Waals surface area contributed by atoms with Gasteiger partial charge in [0.05, 0.1) is 0 Å². The van der Waals surface area contributed by atoms with Crippen LogP contribution in [0.15, 0.2) is 36.4 Å². The molecule has 4 nitrogen and oxygen atoms in total. The molecular weight excluding hydrogens is 314 g/mol. The molecule has 0 bridgehead atoms. The van der Waals surface area contributed by atoms with Gasteiger partial charge in [-0.15, -0.1) is 0 Å². The lowest BCUT2D eigenvalue weighted by molar-refractivity contribution is -0.120. The molecule has 0 aromatic heterocycles. The lowest BCUT2D eigenvalue weighted by Crippen LogP contribution is -2.38. The van der Waals surface area contributed by atoms with Gasteiger partial charge in [-0.05, 0) is 62.4 Å². The Hall–Kier alpha value is -2.62. The molecule has 0 radical (unpaired) electrons. The van der Waals surface area contributed by atoms with Crippen molar-refractivity contribution in [2.75, 3.05) is 18.1 Å². The van der Waals surface area contributed by atoms with E-state index in [1.54, 1.807) is 11.8 Å². The predicted octanol–water partition coefficient (Wildman–Crippen LogP) is 3.86. The number of amides is 1. The van der Waals surface area contributed by atoms with E-state index in [4.69, 9.17) is 4.74 Å². The van der Waals surface area contributed by atoms with Crippen molar-refractivity contribution in [1.29, 1.82) is 0 Å². The van der Waals surface area contributed by atoms with Crippen LogP contribution in [0.2, 0.25) is 0 Å². The first-order chi connectivity index (χ1) is 12.0. The Labute approximate surface area is 148 Å². The summed E-state index contributed by atoms with van der Waals surface area (Å²) >= 11 is 0. The Morgan fingerprint density at radius 3 is 2.68 bits per heavy atom. The lowest BCUT2D eigenvalue weighted by atomic mass is 9.98. The third kappa shape index (κ3) is 3.73. The number of anilines is 1. The van der Waals surface area contributed by atoms with E-state index in [0.717, 1.165) is 41.0 Å². The Morgan fingerprint density at radius 2 is 1.92 bits per heavy atom. The summed E-state index contributed by atoms with van der Waals surface area (Å²) in [4.78, 5) is 26.1. The smallest absolute Gasteiger partial charge is 0.264 e. The van der Waals surface area contributed by atoms with Crippen molar-refractivity contribution in [3.8, 4) is 5.75 Å². The van der Waals surface area contributed by atoms with Crippen LogP contribution in [0.4, 0.5) is 5.69 Å². The fourth-order valence-electron chi connectivity index (χ4n) is 3.13. The van der Waals surface area contributed by atoms with E-state index >= 15 is 0 Å². The summed E-state index contributed by atoms with van der Waals surface area (Å²) in [6.45, 7) is 6.16. The number of ether oxygens (including phenoxy) is 1. The number of nitrogens with zero attached hydrogens (tertiary/aromatic N) is 1. The maximum atomic E-state index is 12.7. The minimum absolute atomic E-state index is 0.00592. The van der Waals surface area contributed by atoms with Crippen molar-refractivity contribution in [2.45, 2.75) is 33.6 Å². The first-order valence-electron chi connectivity index (χ1n) is 8.60. The fraction of sp³-hybridized carbons (Fsp3) is 0.333. The molecule has 1 amide bonds. The van der Waals surface area contributed by atoms with Crippen LogP contribution in [-0.2, 0) is 11.2 Å². The molecular formula is C21H23NO3. The molecule has 0 aliphatic carbocycles. The number of carbonyl (C=O) groups is 2. The van der Waals surface area contributed by atoms with Crippen LogP contribution in [-0.4, -0.2) is 24.8 Å². The van der Waals surface area contributed by atoms with Crippen molar-refractivity contribution < 1.29 is 14.3 Å². The van der Waals surface area contributed by atoms with Gasteiger partial charge in [-0.1, -0.05) is 24.3 Å². The molecule has 0 saturated carbocycles. The minimum atomic E-state index is -0.0810. The van der Waals surface area contributed by atoms with Crippen molar-refractivity contribution >= 4 is 17.4 Å². The zero-order chi connectivity index (χ0) is 18.0. The normalized spacial score (nSPS) is 13.3. The molecule has 0 spiro atoms. The summed E-state index contributed by atoms with van der Waals surface area (Å²) in [5.41, 5.74) is 4.69. The highest BCUT2D eigenvalue weighted by Crippen LogP contribution is 2.29. The monoisotopic (exact) mass is 337 g/mol. The van der Waals surface area contributed by atoms with Crippen molar-refractivity contribution in [3.63, 3.8) is 0 Å². The number of carbonyl (C=O) groups excluding carboxylic acids is 2. The number of fused-ring (bicyclic) bond motifs is 1. The molecule has 25 heavy (non-hydrogen) atoms. The topological polar surface area (TPSA) is 46.6 Å². The zero-order valence-electron chi connectivity index (χ0n) is 15.0. The summed E-state index contributed by atoms with van der Waals surface area (Å²) in [5.74, 6) is 0.665. The van der Waals surface area contributed by atoms with E-state index in [2.05, 4.69) is 0 Å². The van der Waals surface area contributed by atoms with Crippen LogP contribution >= 0.6 is 0 Å². The van der Waals surface area contributed by atoms with Gasteiger partial charge in [0.2, 0.25) is 0 Å². The zero-order valence-corrected chi connectivity index (χ0v) is 15.0. The Balaban J connectivity index is 1.78. The molecule has 2 aromatic carbocycles. The van der Waals surface area contributed by atoms with Crippen molar-refractivity contribution in [3.05, 3.63) is 58.7 Å². The molecule has 0 N–H and O–H groups in total. The summed E-state index contributed by atoms with van der Waals surface area (Å²) < 4.78 is 5.77. The Bertz CT molecular complexity index is 826. The number of rotatable bonds is 4. The highest BCUT2D eigenvalue weighted by molar-refractivity contribution is 5.99. The average molecular weight is 337 g/mol. The van der Waals surface area contributed by atoms with Crippen molar-refractivity contribution in [1.82, 2.24) is 0 Å². The maximum Gasteiger partial charge on any atom is 0.264 e. The van der Waals surface area contributed by atoms with E-state index in [-0.39, 0.29) is 18.3 Å². The highest BCUT2D eigenvalue weighted by atomic mass is 16.5. The summed E-state index contributed by atoms with van der Waals surface area (Å²) in [6.07, 6.45) is 1.84. The number of hydrogen-bond acceptors (Lipinski definition) is 3. The fourth-order valence-corrected chi connectivity index (χ4v) is 3.13. The van der Waals surface area contributed by atoms with Gasteiger partial charge >= 0.3 is 0 Å².